The normalized spacial score (nSPS) is 29.2. The highest BCUT2D eigenvalue weighted by atomic mass is 32.2. The molecule has 0 unspecified atom stereocenters. The molecule has 0 N–H and O–H groups in total. The third-order valence-electron chi connectivity index (χ3n) is 4.84. The molecule has 0 saturated carbocycles. The Morgan fingerprint density at radius 2 is 1.88 bits per heavy atom. The summed E-state index contributed by atoms with van der Waals surface area (Å²) in [5.74, 6) is 0.559. The van der Waals surface area contributed by atoms with Gasteiger partial charge in [-0.15, -0.1) is 4.40 Å². The van der Waals surface area contributed by atoms with Gasteiger partial charge in [0.05, 0.1) is 6.26 Å². The first-order chi connectivity index (χ1) is 11.7. The quantitative estimate of drug-likeness (QED) is 0.804. The lowest BCUT2D eigenvalue weighted by molar-refractivity contribution is -0.134. The fraction of sp³-hybridized carbons (Fsp3) is 0.529. The van der Waals surface area contributed by atoms with Gasteiger partial charge in [-0.25, -0.2) is 4.31 Å². The summed E-state index contributed by atoms with van der Waals surface area (Å²) < 4.78 is 34.7. The molecule has 3 rings (SSSR count). The van der Waals surface area contributed by atoms with Gasteiger partial charge in [0.2, 0.25) is 0 Å². The van der Waals surface area contributed by atoms with E-state index in [-0.39, 0.29) is 29.4 Å². The van der Waals surface area contributed by atoms with Crippen LogP contribution in [0.3, 0.4) is 0 Å². The Morgan fingerprint density at radius 1 is 1.24 bits per heavy atom. The number of amides is 1. The average Bonchev–Trinajstić information content (AvgIpc) is 3.02. The van der Waals surface area contributed by atoms with Gasteiger partial charge in [0.1, 0.15) is 11.4 Å². The van der Waals surface area contributed by atoms with Crippen LogP contribution in [0.5, 0.6) is 0 Å². The molecule has 7 nitrogen and oxygen atoms in total. The molecular formula is C17H23N3O4S. The molecule has 0 spiro atoms. The van der Waals surface area contributed by atoms with E-state index < -0.39 is 10.2 Å². The molecule has 1 aromatic rings. The number of piperidine rings is 1. The van der Waals surface area contributed by atoms with Gasteiger partial charge < -0.3 is 9.32 Å². The molecule has 2 aliphatic heterocycles. The van der Waals surface area contributed by atoms with E-state index in [0.29, 0.717) is 11.7 Å². The van der Waals surface area contributed by atoms with Crippen molar-refractivity contribution in [1.82, 2.24) is 9.21 Å². The third kappa shape index (κ3) is 3.22. The number of allylic oxidation sites excluding steroid dienone is 1. The van der Waals surface area contributed by atoms with Crippen LogP contribution >= 0.6 is 0 Å². The van der Waals surface area contributed by atoms with Gasteiger partial charge in [0.25, 0.3) is 5.91 Å². The predicted molar refractivity (Wildman–Crippen MR) is 94.2 cm³/mol. The van der Waals surface area contributed by atoms with Crippen LogP contribution < -0.4 is 0 Å². The second kappa shape index (κ2) is 6.33. The number of carbonyl (C=O) groups is 1. The van der Waals surface area contributed by atoms with Crippen LogP contribution in [0.1, 0.15) is 39.4 Å². The maximum absolute atomic E-state index is 13.2. The summed E-state index contributed by atoms with van der Waals surface area (Å²) in [6.07, 6.45) is 4.73. The molecule has 1 amide bonds. The number of hydrogen-bond acceptors (Lipinski definition) is 4. The molecule has 3 heterocycles. The highest BCUT2D eigenvalue weighted by Gasteiger charge is 2.38. The van der Waals surface area contributed by atoms with Crippen LogP contribution in [-0.4, -0.2) is 48.4 Å². The van der Waals surface area contributed by atoms with E-state index in [2.05, 4.69) is 11.3 Å². The number of likely N-dealkylation sites (tertiary alicyclic amines) is 1. The SMILES string of the molecule is CC1C[C@H](C)N(C(=O)C2=CC(c3ccco3)=NS(=O)(=O)N2C)[C@@H](C)C1. The molecule has 1 fully saturated rings. The Hall–Kier alpha value is -2.09. The number of likely N-dealkylation sites (N-methyl/N-ethyl adjacent to an activating group) is 1. The first kappa shape index (κ1) is 17.7. The first-order valence-corrected chi connectivity index (χ1v) is 9.77. The average molecular weight is 365 g/mol. The minimum absolute atomic E-state index is 0.0502. The van der Waals surface area contributed by atoms with Crippen molar-refractivity contribution in [1.29, 1.82) is 0 Å². The third-order valence-corrected chi connectivity index (χ3v) is 6.15. The molecule has 0 aromatic carbocycles. The highest BCUT2D eigenvalue weighted by molar-refractivity contribution is 7.88. The van der Waals surface area contributed by atoms with Crippen molar-refractivity contribution in [3.63, 3.8) is 0 Å². The van der Waals surface area contributed by atoms with Crippen molar-refractivity contribution in [2.75, 3.05) is 7.05 Å². The number of rotatable bonds is 2. The molecule has 1 saturated heterocycles. The zero-order chi connectivity index (χ0) is 18.4. The summed E-state index contributed by atoms with van der Waals surface area (Å²) in [5.41, 5.74) is 0.229. The molecule has 1 aromatic heterocycles. The topological polar surface area (TPSA) is 83.2 Å². The number of carbonyl (C=O) groups excluding carboxylic acids is 1. The molecule has 0 bridgehead atoms. The number of nitrogens with zero attached hydrogens (tertiary/aromatic N) is 3. The fourth-order valence-corrected chi connectivity index (χ4v) is 4.64. The lowest BCUT2D eigenvalue weighted by atomic mass is 9.88. The Bertz CT molecular complexity index is 814. The summed E-state index contributed by atoms with van der Waals surface area (Å²) >= 11 is 0. The Morgan fingerprint density at radius 3 is 2.44 bits per heavy atom. The van der Waals surface area contributed by atoms with Crippen LogP contribution in [0, 0.1) is 5.92 Å². The summed E-state index contributed by atoms with van der Waals surface area (Å²) in [4.78, 5) is 14.9. The minimum atomic E-state index is -3.97. The van der Waals surface area contributed by atoms with Crippen LogP contribution in [0.15, 0.2) is 39.0 Å². The van der Waals surface area contributed by atoms with E-state index >= 15 is 0 Å². The van der Waals surface area contributed by atoms with Crippen LogP contribution in [-0.2, 0) is 15.0 Å². The van der Waals surface area contributed by atoms with Gasteiger partial charge in [-0.2, -0.15) is 8.42 Å². The molecule has 25 heavy (non-hydrogen) atoms. The largest absolute Gasteiger partial charge is 0.463 e. The zero-order valence-electron chi connectivity index (χ0n) is 14.8. The van der Waals surface area contributed by atoms with Crippen molar-refractivity contribution >= 4 is 21.8 Å². The van der Waals surface area contributed by atoms with Crippen LogP contribution in [0.2, 0.25) is 0 Å². The van der Waals surface area contributed by atoms with E-state index in [0.717, 1.165) is 17.1 Å². The van der Waals surface area contributed by atoms with Crippen LogP contribution in [0.25, 0.3) is 0 Å². The van der Waals surface area contributed by atoms with E-state index in [1.54, 1.807) is 17.0 Å². The standard InChI is InChI=1S/C17H23N3O4S/c1-11-8-12(2)20(13(3)9-11)17(21)15-10-14(16-6-5-7-24-16)18-25(22,23)19(15)4/h5-7,10-13H,8-9H2,1-4H3/t12-,13-/m0/s1. The van der Waals surface area contributed by atoms with Gasteiger partial charge in [0.15, 0.2) is 5.76 Å². The Labute approximate surface area is 148 Å². The van der Waals surface area contributed by atoms with Crippen molar-refractivity contribution in [3.8, 4) is 0 Å². The lowest BCUT2D eigenvalue weighted by Gasteiger charge is -2.43. The maximum Gasteiger partial charge on any atom is 0.345 e. The van der Waals surface area contributed by atoms with Crippen molar-refractivity contribution in [2.24, 2.45) is 10.3 Å². The van der Waals surface area contributed by atoms with E-state index in [4.69, 9.17) is 4.42 Å². The number of hydrogen-bond donors (Lipinski definition) is 0. The van der Waals surface area contributed by atoms with Gasteiger partial charge in [0, 0.05) is 19.1 Å². The van der Waals surface area contributed by atoms with Crippen LogP contribution in [0.4, 0.5) is 0 Å². The maximum atomic E-state index is 13.2. The van der Waals surface area contributed by atoms with Gasteiger partial charge in [-0.05, 0) is 50.8 Å². The Kier molecular flexibility index (Phi) is 4.49. The highest BCUT2D eigenvalue weighted by Crippen LogP contribution is 2.30. The monoisotopic (exact) mass is 365 g/mol. The smallest absolute Gasteiger partial charge is 0.345 e. The lowest BCUT2D eigenvalue weighted by Crippen LogP contribution is -2.52. The molecule has 0 radical (unpaired) electrons. The van der Waals surface area contributed by atoms with Gasteiger partial charge in [-0.1, -0.05) is 6.92 Å². The molecule has 2 aliphatic rings. The van der Waals surface area contributed by atoms with Crippen molar-refractivity contribution in [3.05, 3.63) is 35.9 Å². The summed E-state index contributed by atoms with van der Waals surface area (Å²) in [6.45, 7) is 6.18. The Balaban J connectivity index is 1.99. The minimum Gasteiger partial charge on any atom is -0.463 e. The molecule has 2 atom stereocenters. The molecule has 136 valence electrons. The van der Waals surface area contributed by atoms with E-state index in [1.807, 2.05) is 13.8 Å². The zero-order valence-corrected chi connectivity index (χ0v) is 15.7. The molecule has 8 heteroatoms. The number of furan rings is 1. The fourth-order valence-electron chi connectivity index (χ4n) is 3.75. The van der Waals surface area contributed by atoms with E-state index in [1.165, 1.54) is 19.4 Å². The second-order valence-corrected chi connectivity index (χ2v) is 8.54. The predicted octanol–water partition coefficient (Wildman–Crippen LogP) is 2.18. The summed E-state index contributed by atoms with van der Waals surface area (Å²) in [7, 11) is -2.62. The van der Waals surface area contributed by atoms with Crippen molar-refractivity contribution in [2.45, 2.75) is 45.7 Å². The van der Waals surface area contributed by atoms with Gasteiger partial charge >= 0.3 is 10.2 Å². The molecular weight excluding hydrogens is 342 g/mol. The molecule has 0 aliphatic carbocycles. The van der Waals surface area contributed by atoms with Gasteiger partial charge in [-0.3, -0.25) is 4.79 Å². The first-order valence-electron chi connectivity index (χ1n) is 8.37. The van der Waals surface area contributed by atoms with E-state index in [9.17, 15) is 13.2 Å². The summed E-state index contributed by atoms with van der Waals surface area (Å²) in [5, 5.41) is 0. The summed E-state index contributed by atoms with van der Waals surface area (Å²) in [6, 6.07) is 3.36. The second-order valence-electron chi connectivity index (χ2n) is 6.92. The van der Waals surface area contributed by atoms with Crippen molar-refractivity contribution < 1.29 is 17.6 Å².